The number of carbonyl (C=O) groups is 1. The Morgan fingerprint density at radius 2 is 1.68 bits per heavy atom. The standard InChI is InChI=1S/C25H20ClF3N4O/c1-16(17-11-13-30-14-12-17)32(2)24(34)19-9-7-18(8-10-19)22-15-23(25(27,28)29)31-33(22)21-6-4-3-5-20(21)26/h3-16H,1-2H3. The number of amides is 1. The molecule has 0 saturated heterocycles. The van der Waals surface area contributed by atoms with E-state index in [-0.39, 0.29) is 22.7 Å². The molecule has 0 bridgehead atoms. The number of para-hydroxylation sites is 1. The fourth-order valence-corrected chi connectivity index (χ4v) is 3.78. The van der Waals surface area contributed by atoms with Crippen LogP contribution < -0.4 is 0 Å². The lowest BCUT2D eigenvalue weighted by Gasteiger charge is -2.25. The Morgan fingerprint density at radius 3 is 2.29 bits per heavy atom. The van der Waals surface area contributed by atoms with Crippen LogP contribution in [0, 0.1) is 0 Å². The van der Waals surface area contributed by atoms with Gasteiger partial charge in [-0.25, -0.2) is 4.68 Å². The van der Waals surface area contributed by atoms with Crippen molar-refractivity contribution in [2.24, 2.45) is 0 Å². The zero-order valence-corrected chi connectivity index (χ0v) is 19.0. The monoisotopic (exact) mass is 484 g/mol. The Labute approximate surface area is 199 Å². The molecule has 9 heteroatoms. The first-order valence-electron chi connectivity index (χ1n) is 10.4. The van der Waals surface area contributed by atoms with Crippen LogP contribution in [0.25, 0.3) is 16.9 Å². The van der Waals surface area contributed by atoms with E-state index in [1.54, 1.807) is 72.9 Å². The molecule has 0 fully saturated rings. The highest BCUT2D eigenvalue weighted by Gasteiger charge is 2.35. The molecular formula is C25H20ClF3N4O. The van der Waals surface area contributed by atoms with E-state index in [0.717, 1.165) is 11.6 Å². The Bertz CT molecular complexity index is 1300. The summed E-state index contributed by atoms with van der Waals surface area (Å²) >= 11 is 6.23. The third kappa shape index (κ3) is 4.68. The molecule has 0 spiro atoms. The second kappa shape index (κ2) is 9.30. The van der Waals surface area contributed by atoms with Gasteiger partial charge in [0.15, 0.2) is 5.69 Å². The van der Waals surface area contributed by atoms with E-state index in [1.807, 2.05) is 19.1 Å². The number of rotatable bonds is 5. The third-order valence-corrected chi connectivity index (χ3v) is 5.92. The summed E-state index contributed by atoms with van der Waals surface area (Å²) in [4.78, 5) is 18.6. The first kappa shape index (κ1) is 23.5. The van der Waals surface area contributed by atoms with Gasteiger partial charge in [0.25, 0.3) is 5.91 Å². The Balaban J connectivity index is 1.67. The van der Waals surface area contributed by atoms with Gasteiger partial charge in [-0.2, -0.15) is 18.3 Å². The maximum absolute atomic E-state index is 13.4. The molecule has 0 aliphatic heterocycles. The average molecular weight is 485 g/mol. The van der Waals surface area contributed by atoms with Crippen LogP contribution in [0.2, 0.25) is 5.02 Å². The number of carbonyl (C=O) groups excluding carboxylic acids is 1. The summed E-state index contributed by atoms with van der Waals surface area (Å²) in [6.07, 6.45) is -1.30. The van der Waals surface area contributed by atoms with Crippen molar-refractivity contribution in [1.82, 2.24) is 19.7 Å². The van der Waals surface area contributed by atoms with Crippen LogP contribution in [0.4, 0.5) is 13.2 Å². The van der Waals surface area contributed by atoms with E-state index >= 15 is 0 Å². The molecule has 0 aliphatic rings. The average Bonchev–Trinajstić information content (AvgIpc) is 3.29. The number of nitrogens with zero attached hydrogens (tertiary/aromatic N) is 4. The van der Waals surface area contributed by atoms with E-state index < -0.39 is 11.9 Å². The molecule has 2 heterocycles. The van der Waals surface area contributed by atoms with Crippen molar-refractivity contribution in [2.45, 2.75) is 19.1 Å². The van der Waals surface area contributed by atoms with Gasteiger partial charge in [0.05, 0.1) is 22.4 Å². The van der Waals surface area contributed by atoms with Gasteiger partial charge in [0, 0.05) is 30.6 Å². The van der Waals surface area contributed by atoms with Crippen LogP contribution in [0.1, 0.15) is 34.6 Å². The van der Waals surface area contributed by atoms with E-state index in [2.05, 4.69) is 10.1 Å². The lowest BCUT2D eigenvalue weighted by Crippen LogP contribution is -2.29. The van der Waals surface area contributed by atoms with Crippen molar-refractivity contribution < 1.29 is 18.0 Å². The van der Waals surface area contributed by atoms with Gasteiger partial charge in [-0.3, -0.25) is 9.78 Å². The first-order chi connectivity index (χ1) is 16.2. The lowest BCUT2D eigenvalue weighted by atomic mass is 10.1. The number of benzene rings is 2. The van der Waals surface area contributed by atoms with Gasteiger partial charge in [0.2, 0.25) is 0 Å². The molecule has 2 aromatic heterocycles. The highest BCUT2D eigenvalue weighted by atomic mass is 35.5. The molecule has 0 radical (unpaired) electrons. The molecule has 5 nitrogen and oxygen atoms in total. The fourth-order valence-electron chi connectivity index (χ4n) is 3.56. The molecule has 1 unspecified atom stereocenters. The SMILES string of the molecule is CC(c1ccncc1)N(C)C(=O)c1ccc(-c2cc(C(F)(F)F)nn2-c2ccccc2Cl)cc1. The quantitative estimate of drug-likeness (QED) is 0.327. The molecule has 174 valence electrons. The highest BCUT2D eigenvalue weighted by molar-refractivity contribution is 6.32. The number of aromatic nitrogens is 3. The second-order valence-electron chi connectivity index (χ2n) is 7.73. The van der Waals surface area contributed by atoms with Crippen LogP contribution in [-0.4, -0.2) is 32.6 Å². The molecule has 2 aromatic carbocycles. The summed E-state index contributed by atoms with van der Waals surface area (Å²) in [6.45, 7) is 1.91. The van der Waals surface area contributed by atoms with Crippen LogP contribution in [-0.2, 0) is 6.18 Å². The lowest BCUT2D eigenvalue weighted by molar-refractivity contribution is -0.141. The zero-order valence-electron chi connectivity index (χ0n) is 18.3. The molecule has 0 saturated carbocycles. The van der Waals surface area contributed by atoms with Gasteiger partial charge in [0.1, 0.15) is 0 Å². The van der Waals surface area contributed by atoms with E-state index in [1.165, 1.54) is 4.68 Å². The van der Waals surface area contributed by atoms with Crippen molar-refractivity contribution in [1.29, 1.82) is 0 Å². The van der Waals surface area contributed by atoms with Gasteiger partial charge >= 0.3 is 6.18 Å². The number of hydrogen-bond donors (Lipinski definition) is 0. The van der Waals surface area contributed by atoms with Gasteiger partial charge in [-0.15, -0.1) is 0 Å². The number of halogens is 4. The molecule has 4 rings (SSSR count). The van der Waals surface area contributed by atoms with Gasteiger partial charge < -0.3 is 4.90 Å². The molecule has 1 atom stereocenters. The molecule has 4 aromatic rings. The van der Waals surface area contributed by atoms with Crippen molar-refractivity contribution in [3.63, 3.8) is 0 Å². The Kier molecular flexibility index (Phi) is 6.43. The van der Waals surface area contributed by atoms with Crippen molar-refractivity contribution >= 4 is 17.5 Å². The Morgan fingerprint density at radius 1 is 1.03 bits per heavy atom. The summed E-state index contributed by atoms with van der Waals surface area (Å²) < 4.78 is 41.4. The predicted molar refractivity (Wildman–Crippen MR) is 124 cm³/mol. The third-order valence-electron chi connectivity index (χ3n) is 5.60. The summed E-state index contributed by atoms with van der Waals surface area (Å²) in [5.41, 5.74) is 1.30. The molecule has 34 heavy (non-hydrogen) atoms. The molecule has 0 N–H and O–H groups in total. The smallest absolute Gasteiger partial charge is 0.335 e. The topological polar surface area (TPSA) is 51.0 Å². The van der Waals surface area contributed by atoms with Crippen LogP contribution >= 0.6 is 11.6 Å². The Hall–Kier alpha value is -3.65. The normalized spacial score (nSPS) is 12.4. The van der Waals surface area contributed by atoms with E-state index in [4.69, 9.17) is 11.6 Å². The number of pyridine rings is 1. The van der Waals surface area contributed by atoms with E-state index in [0.29, 0.717) is 16.8 Å². The molecule has 1 amide bonds. The molecule has 0 aliphatic carbocycles. The van der Waals surface area contributed by atoms with Crippen LogP contribution in [0.5, 0.6) is 0 Å². The fraction of sp³-hybridized carbons (Fsp3) is 0.160. The summed E-state index contributed by atoms with van der Waals surface area (Å²) in [7, 11) is 1.70. The van der Waals surface area contributed by atoms with E-state index in [9.17, 15) is 18.0 Å². The molecular weight excluding hydrogens is 465 g/mol. The minimum Gasteiger partial charge on any atom is -0.335 e. The summed E-state index contributed by atoms with van der Waals surface area (Å²) in [6, 6.07) is 17.4. The predicted octanol–water partition coefficient (Wildman–Crippen LogP) is 6.44. The first-order valence-corrected chi connectivity index (χ1v) is 10.7. The highest BCUT2D eigenvalue weighted by Crippen LogP contribution is 2.34. The maximum Gasteiger partial charge on any atom is 0.435 e. The zero-order chi connectivity index (χ0) is 24.5. The van der Waals surface area contributed by atoms with Gasteiger partial charge in [-0.1, -0.05) is 35.9 Å². The van der Waals surface area contributed by atoms with Crippen LogP contribution in [0.3, 0.4) is 0 Å². The summed E-state index contributed by atoms with van der Waals surface area (Å²) in [5, 5.41) is 4.02. The van der Waals surface area contributed by atoms with Gasteiger partial charge in [-0.05, 0) is 55.0 Å². The number of alkyl halides is 3. The van der Waals surface area contributed by atoms with Crippen molar-refractivity contribution in [3.8, 4) is 16.9 Å². The minimum absolute atomic E-state index is 0.189. The van der Waals surface area contributed by atoms with Crippen molar-refractivity contribution in [2.75, 3.05) is 7.05 Å². The van der Waals surface area contributed by atoms with Crippen molar-refractivity contribution in [3.05, 3.63) is 101 Å². The second-order valence-corrected chi connectivity index (χ2v) is 8.13. The largest absolute Gasteiger partial charge is 0.435 e. The van der Waals surface area contributed by atoms with Crippen LogP contribution in [0.15, 0.2) is 79.1 Å². The number of hydrogen-bond acceptors (Lipinski definition) is 3. The maximum atomic E-state index is 13.4. The minimum atomic E-state index is -4.62. The summed E-state index contributed by atoms with van der Waals surface area (Å²) in [5.74, 6) is -0.216.